The quantitative estimate of drug-likeness (QED) is 0.613. The molecule has 1 nitrogen and oxygen atoms in total. The number of rotatable bonds is 3. The topological polar surface area (TPSA) is 26.0 Å². The molecular weight excluding hydrogens is 134 g/mol. The minimum absolute atomic E-state index is 0.781. The largest absolute Gasteiger partial charge is 0.399 e. The van der Waals surface area contributed by atoms with Crippen molar-refractivity contribution >= 4 is 0 Å². The van der Waals surface area contributed by atoms with Gasteiger partial charge >= 0.3 is 0 Å². The first-order valence-electron chi connectivity index (χ1n) is 3.63. The first-order chi connectivity index (χ1) is 5.26. The van der Waals surface area contributed by atoms with E-state index in [0.29, 0.717) is 0 Å². The van der Waals surface area contributed by atoms with Crippen molar-refractivity contribution < 1.29 is 0 Å². The van der Waals surface area contributed by atoms with Crippen LogP contribution in [0.5, 0.6) is 0 Å². The molecule has 1 heteroatoms. The van der Waals surface area contributed by atoms with Crippen molar-refractivity contribution in [2.75, 3.05) is 0 Å². The molecule has 0 saturated heterocycles. The Morgan fingerprint density at radius 2 is 2.00 bits per heavy atom. The van der Waals surface area contributed by atoms with Crippen LogP contribution >= 0.6 is 0 Å². The van der Waals surface area contributed by atoms with E-state index in [4.69, 9.17) is 5.73 Å². The van der Waals surface area contributed by atoms with Gasteiger partial charge in [0.2, 0.25) is 0 Å². The summed E-state index contributed by atoms with van der Waals surface area (Å²) in [6.07, 6.45) is 9.39. The first-order valence-corrected chi connectivity index (χ1v) is 3.63. The number of nitrogens with two attached hydrogens (primary N) is 1. The van der Waals surface area contributed by atoms with E-state index in [-0.39, 0.29) is 0 Å². The monoisotopic (exact) mass is 149 g/mol. The highest BCUT2D eigenvalue weighted by Crippen LogP contribution is 2.05. The summed E-state index contributed by atoms with van der Waals surface area (Å²) in [5.41, 5.74) is 7.47. The van der Waals surface area contributed by atoms with Gasteiger partial charge in [0.05, 0.1) is 0 Å². The Kier molecular flexibility index (Phi) is 4.91. The van der Waals surface area contributed by atoms with Gasteiger partial charge < -0.3 is 5.73 Å². The van der Waals surface area contributed by atoms with E-state index in [9.17, 15) is 0 Å². The lowest BCUT2D eigenvalue weighted by Crippen LogP contribution is -1.98. The summed E-state index contributed by atoms with van der Waals surface area (Å²) >= 11 is 0. The molecule has 0 aromatic heterocycles. The van der Waals surface area contributed by atoms with Gasteiger partial charge in [-0.3, -0.25) is 0 Å². The highest BCUT2D eigenvalue weighted by Gasteiger charge is 1.90. The average Bonchev–Trinajstić information content (AvgIpc) is 2.03. The van der Waals surface area contributed by atoms with Crippen molar-refractivity contribution in [2.24, 2.45) is 5.73 Å². The maximum atomic E-state index is 5.68. The van der Waals surface area contributed by atoms with Crippen molar-refractivity contribution in [1.82, 2.24) is 0 Å². The standard InChI is InChI=1S/C10H15N/c1-4-7-9(8-5-2)10(11)6-3/h4-8H,1,11H2,2-3H3/b8-5-,9-7+,10-6-. The number of hydrogen-bond donors (Lipinski definition) is 1. The third-order valence-corrected chi connectivity index (χ3v) is 1.29. The maximum Gasteiger partial charge on any atom is 0.0344 e. The summed E-state index contributed by atoms with van der Waals surface area (Å²) in [7, 11) is 0. The average molecular weight is 149 g/mol. The molecule has 0 radical (unpaired) electrons. The number of hydrogen-bond acceptors (Lipinski definition) is 1. The third-order valence-electron chi connectivity index (χ3n) is 1.29. The molecule has 2 N–H and O–H groups in total. The summed E-state index contributed by atoms with van der Waals surface area (Å²) in [6.45, 7) is 7.48. The molecule has 0 aromatic carbocycles. The maximum absolute atomic E-state index is 5.68. The molecule has 0 heterocycles. The van der Waals surface area contributed by atoms with E-state index in [2.05, 4.69) is 6.58 Å². The zero-order valence-corrected chi connectivity index (χ0v) is 7.17. The molecule has 0 bridgehead atoms. The summed E-state index contributed by atoms with van der Waals surface area (Å²) in [4.78, 5) is 0. The van der Waals surface area contributed by atoms with Gasteiger partial charge in [-0.2, -0.15) is 0 Å². The fraction of sp³-hybridized carbons (Fsp3) is 0.200. The minimum atomic E-state index is 0.781. The molecule has 0 atom stereocenters. The van der Waals surface area contributed by atoms with Crippen molar-refractivity contribution in [3.8, 4) is 0 Å². The van der Waals surface area contributed by atoms with Crippen LogP contribution in [0.3, 0.4) is 0 Å². The van der Waals surface area contributed by atoms with Gasteiger partial charge in [0.25, 0.3) is 0 Å². The zero-order chi connectivity index (χ0) is 8.69. The highest BCUT2D eigenvalue weighted by atomic mass is 14.6. The van der Waals surface area contributed by atoms with E-state index >= 15 is 0 Å². The lowest BCUT2D eigenvalue weighted by Gasteiger charge is -1.98. The van der Waals surface area contributed by atoms with Crippen LogP contribution in [0.4, 0.5) is 0 Å². The molecule has 0 unspecified atom stereocenters. The molecule has 0 saturated carbocycles. The molecule has 0 aliphatic rings. The molecule has 0 fully saturated rings. The van der Waals surface area contributed by atoms with Crippen LogP contribution in [0.15, 0.2) is 48.2 Å². The molecule has 0 aliphatic carbocycles. The Bertz CT molecular complexity index is 207. The second kappa shape index (κ2) is 5.54. The van der Waals surface area contributed by atoms with E-state index in [1.54, 1.807) is 6.08 Å². The van der Waals surface area contributed by atoms with Gasteiger partial charge in [0.1, 0.15) is 0 Å². The summed E-state index contributed by atoms with van der Waals surface area (Å²) in [5, 5.41) is 0. The SMILES string of the molecule is C=C/C=C(\C=C/C)C(/N)=C/C. The van der Waals surface area contributed by atoms with Gasteiger partial charge in [-0.1, -0.05) is 37.0 Å². The molecule has 0 spiro atoms. The lowest BCUT2D eigenvalue weighted by molar-refractivity contribution is 1.33. The molecule has 0 rings (SSSR count). The smallest absolute Gasteiger partial charge is 0.0344 e. The van der Waals surface area contributed by atoms with Crippen LogP contribution in [0.2, 0.25) is 0 Å². The van der Waals surface area contributed by atoms with E-state index < -0.39 is 0 Å². The zero-order valence-electron chi connectivity index (χ0n) is 7.17. The van der Waals surface area contributed by atoms with E-state index in [1.807, 2.05) is 38.2 Å². The van der Waals surface area contributed by atoms with Crippen molar-refractivity contribution in [1.29, 1.82) is 0 Å². The summed E-state index contributed by atoms with van der Waals surface area (Å²) in [6, 6.07) is 0. The lowest BCUT2D eigenvalue weighted by atomic mass is 10.1. The molecule has 0 amide bonds. The van der Waals surface area contributed by atoms with Crippen molar-refractivity contribution in [2.45, 2.75) is 13.8 Å². The van der Waals surface area contributed by atoms with Crippen molar-refractivity contribution in [3.05, 3.63) is 48.2 Å². The molecule has 0 aromatic rings. The Labute approximate surface area is 68.6 Å². The fourth-order valence-corrected chi connectivity index (χ4v) is 0.721. The second-order valence-electron chi connectivity index (χ2n) is 2.10. The molecule has 0 aliphatic heterocycles. The Balaban J connectivity index is 4.61. The van der Waals surface area contributed by atoms with Gasteiger partial charge in [-0.05, 0) is 19.4 Å². The van der Waals surface area contributed by atoms with Crippen LogP contribution in [-0.2, 0) is 0 Å². The summed E-state index contributed by atoms with van der Waals surface area (Å²) in [5.74, 6) is 0. The molecule has 11 heavy (non-hydrogen) atoms. The first kappa shape index (κ1) is 9.76. The van der Waals surface area contributed by atoms with Crippen LogP contribution in [-0.4, -0.2) is 0 Å². The van der Waals surface area contributed by atoms with E-state index in [0.717, 1.165) is 11.3 Å². The van der Waals surface area contributed by atoms with Gasteiger partial charge in [-0.25, -0.2) is 0 Å². The molecule has 60 valence electrons. The van der Waals surface area contributed by atoms with Crippen LogP contribution < -0.4 is 5.73 Å². The fourth-order valence-electron chi connectivity index (χ4n) is 0.721. The highest BCUT2D eigenvalue weighted by molar-refractivity contribution is 5.39. The predicted octanol–water partition coefficient (Wildman–Crippen LogP) is 2.54. The minimum Gasteiger partial charge on any atom is -0.399 e. The third kappa shape index (κ3) is 3.46. The number of allylic oxidation sites excluding steroid dienone is 5. The summed E-state index contributed by atoms with van der Waals surface area (Å²) < 4.78 is 0. The Hall–Kier alpha value is -1.24. The Morgan fingerprint density at radius 3 is 2.36 bits per heavy atom. The van der Waals surface area contributed by atoms with Gasteiger partial charge in [0.15, 0.2) is 0 Å². The van der Waals surface area contributed by atoms with Gasteiger partial charge in [-0.15, -0.1) is 0 Å². The van der Waals surface area contributed by atoms with Gasteiger partial charge in [0, 0.05) is 5.70 Å². The normalized spacial score (nSPS) is 14.0. The van der Waals surface area contributed by atoms with Crippen LogP contribution in [0.1, 0.15) is 13.8 Å². The van der Waals surface area contributed by atoms with Crippen LogP contribution in [0.25, 0.3) is 0 Å². The molecular formula is C10H15N. The Morgan fingerprint density at radius 1 is 1.36 bits per heavy atom. The second-order valence-corrected chi connectivity index (χ2v) is 2.10. The van der Waals surface area contributed by atoms with Crippen molar-refractivity contribution in [3.63, 3.8) is 0 Å². The van der Waals surface area contributed by atoms with E-state index in [1.165, 1.54) is 0 Å². The van der Waals surface area contributed by atoms with Crippen LogP contribution in [0, 0.1) is 0 Å². The predicted molar refractivity (Wildman–Crippen MR) is 51.0 cm³/mol.